The Morgan fingerprint density at radius 1 is 1.27 bits per heavy atom. The lowest BCUT2D eigenvalue weighted by molar-refractivity contribution is 0.101. The fourth-order valence-corrected chi connectivity index (χ4v) is 2.61. The van der Waals surface area contributed by atoms with Crippen LogP contribution in [0.2, 0.25) is 10.2 Å². The van der Waals surface area contributed by atoms with Crippen LogP contribution in [0.25, 0.3) is 0 Å². The van der Waals surface area contributed by atoms with Crippen LogP contribution in [0.1, 0.15) is 30.8 Å². The number of amides is 1. The number of carbonyl (C=O) groups is 1. The van der Waals surface area contributed by atoms with E-state index >= 15 is 0 Å². The maximum absolute atomic E-state index is 12.4. The second-order valence-electron chi connectivity index (χ2n) is 4.82. The van der Waals surface area contributed by atoms with Crippen molar-refractivity contribution in [2.45, 2.75) is 33.4 Å². The Morgan fingerprint density at radius 3 is 2.64 bits per heavy atom. The van der Waals surface area contributed by atoms with E-state index in [1.807, 2.05) is 13.8 Å². The van der Waals surface area contributed by atoms with Crippen LogP contribution >= 0.6 is 23.2 Å². The van der Waals surface area contributed by atoms with E-state index in [0.29, 0.717) is 34.6 Å². The van der Waals surface area contributed by atoms with Gasteiger partial charge in [-0.1, -0.05) is 30.1 Å². The summed E-state index contributed by atoms with van der Waals surface area (Å²) >= 11 is 12.1. The Kier molecular flexibility index (Phi) is 5.32. The number of rotatable bonds is 5. The Morgan fingerprint density at radius 2 is 2.00 bits per heavy atom. The molecule has 0 saturated heterocycles. The van der Waals surface area contributed by atoms with Crippen LogP contribution in [0.4, 0.5) is 5.69 Å². The molecule has 7 heteroatoms. The third-order valence-electron chi connectivity index (χ3n) is 3.25. The SMILES string of the molecule is CCCn1c(C(=O)Nc2ccc(=O)n(CC)c2)cc(Cl)c1Cl. The van der Waals surface area contributed by atoms with Gasteiger partial charge >= 0.3 is 0 Å². The van der Waals surface area contributed by atoms with Gasteiger partial charge in [0.05, 0.1) is 10.7 Å². The molecule has 0 aliphatic carbocycles. The monoisotopic (exact) mass is 341 g/mol. The Labute approximate surface area is 138 Å². The van der Waals surface area contributed by atoms with E-state index < -0.39 is 0 Å². The molecule has 1 N–H and O–H groups in total. The lowest BCUT2D eigenvalue weighted by Crippen LogP contribution is -2.21. The predicted molar refractivity (Wildman–Crippen MR) is 89.1 cm³/mol. The number of aryl methyl sites for hydroxylation is 1. The van der Waals surface area contributed by atoms with E-state index in [4.69, 9.17) is 23.2 Å². The smallest absolute Gasteiger partial charge is 0.272 e. The molecule has 0 aliphatic heterocycles. The number of nitrogens with one attached hydrogen (secondary N) is 1. The average Bonchev–Trinajstić information content (AvgIpc) is 2.78. The molecule has 0 unspecified atom stereocenters. The van der Waals surface area contributed by atoms with Crippen LogP contribution in [-0.4, -0.2) is 15.0 Å². The minimum absolute atomic E-state index is 0.110. The minimum atomic E-state index is -0.316. The van der Waals surface area contributed by atoms with Crippen molar-refractivity contribution in [2.75, 3.05) is 5.32 Å². The molecule has 1 amide bonds. The maximum atomic E-state index is 12.4. The molecule has 0 aromatic carbocycles. The predicted octanol–water partition coefficient (Wildman–Crippen LogP) is 3.64. The summed E-state index contributed by atoms with van der Waals surface area (Å²) in [5.74, 6) is -0.316. The van der Waals surface area contributed by atoms with Gasteiger partial charge in [0.15, 0.2) is 0 Å². The van der Waals surface area contributed by atoms with E-state index in [2.05, 4.69) is 5.32 Å². The summed E-state index contributed by atoms with van der Waals surface area (Å²) in [6, 6.07) is 4.54. The van der Waals surface area contributed by atoms with Gasteiger partial charge in [-0.25, -0.2) is 0 Å². The third-order valence-corrected chi connectivity index (χ3v) is 4.04. The zero-order valence-corrected chi connectivity index (χ0v) is 13.9. The van der Waals surface area contributed by atoms with Crippen molar-refractivity contribution in [1.29, 1.82) is 0 Å². The van der Waals surface area contributed by atoms with Crippen molar-refractivity contribution < 1.29 is 4.79 Å². The number of hydrogen-bond donors (Lipinski definition) is 1. The molecule has 2 aromatic rings. The van der Waals surface area contributed by atoms with Gasteiger partial charge in [0.1, 0.15) is 10.8 Å². The lowest BCUT2D eigenvalue weighted by atomic mass is 10.3. The highest BCUT2D eigenvalue weighted by atomic mass is 35.5. The first-order valence-corrected chi connectivity index (χ1v) is 7.79. The molecule has 0 atom stereocenters. The normalized spacial score (nSPS) is 10.7. The summed E-state index contributed by atoms with van der Waals surface area (Å²) in [6.45, 7) is 4.98. The zero-order valence-electron chi connectivity index (χ0n) is 12.4. The second-order valence-corrected chi connectivity index (χ2v) is 5.58. The summed E-state index contributed by atoms with van der Waals surface area (Å²) < 4.78 is 3.19. The van der Waals surface area contributed by atoms with E-state index in [-0.39, 0.29) is 11.5 Å². The molecule has 0 fully saturated rings. The molecule has 22 heavy (non-hydrogen) atoms. The molecular formula is C15H17Cl2N3O2. The number of nitrogens with zero attached hydrogens (tertiary/aromatic N) is 2. The largest absolute Gasteiger partial charge is 0.326 e. The minimum Gasteiger partial charge on any atom is -0.326 e. The van der Waals surface area contributed by atoms with Crippen LogP contribution in [0.15, 0.2) is 29.2 Å². The molecule has 118 valence electrons. The van der Waals surface area contributed by atoms with Gasteiger partial charge in [0.2, 0.25) is 0 Å². The zero-order chi connectivity index (χ0) is 16.3. The van der Waals surface area contributed by atoms with Gasteiger partial charge in [-0.3, -0.25) is 9.59 Å². The lowest BCUT2D eigenvalue weighted by Gasteiger charge is -2.11. The topological polar surface area (TPSA) is 56.0 Å². The van der Waals surface area contributed by atoms with E-state index in [9.17, 15) is 9.59 Å². The number of carbonyl (C=O) groups excluding carboxylic acids is 1. The summed E-state index contributed by atoms with van der Waals surface area (Å²) in [4.78, 5) is 24.0. The van der Waals surface area contributed by atoms with Crippen LogP contribution in [0.5, 0.6) is 0 Å². The number of anilines is 1. The summed E-state index contributed by atoms with van der Waals surface area (Å²) in [7, 11) is 0. The highest BCUT2D eigenvalue weighted by molar-refractivity contribution is 6.42. The molecule has 2 heterocycles. The van der Waals surface area contributed by atoms with Crippen molar-refractivity contribution in [3.05, 3.63) is 50.6 Å². The van der Waals surface area contributed by atoms with Gasteiger partial charge in [-0.05, 0) is 25.5 Å². The molecule has 0 radical (unpaired) electrons. The van der Waals surface area contributed by atoms with Crippen molar-refractivity contribution in [1.82, 2.24) is 9.13 Å². The van der Waals surface area contributed by atoms with Gasteiger partial charge in [-0.2, -0.15) is 0 Å². The quantitative estimate of drug-likeness (QED) is 0.902. The fourth-order valence-electron chi connectivity index (χ4n) is 2.17. The average molecular weight is 342 g/mol. The van der Waals surface area contributed by atoms with Crippen molar-refractivity contribution >= 4 is 34.8 Å². The molecule has 5 nitrogen and oxygen atoms in total. The van der Waals surface area contributed by atoms with E-state index in [0.717, 1.165) is 6.42 Å². The van der Waals surface area contributed by atoms with Crippen molar-refractivity contribution in [3.63, 3.8) is 0 Å². The first-order chi connectivity index (χ1) is 10.5. The highest BCUT2D eigenvalue weighted by Gasteiger charge is 2.18. The maximum Gasteiger partial charge on any atom is 0.272 e. The number of pyridine rings is 1. The van der Waals surface area contributed by atoms with Crippen molar-refractivity contribution in [3.8, 4) is 0 Å². The van der Waals surface area contributed by atoms with Gasteiger partial charge in [-0.15, -0.1) is 0 Å². The first kappa shape index (κ1) is 16.6. The number of hydrogen-bond acceptors (Lipinski definition) is 2. The standard InChI is InChI=1S/C15H17Cl2N3O2/c1-3-7-20-12(8-11(16)14(20)17)15(22)18-10-5-6-13(21)19(4-2)9-10/h5-6,8-9H,3-4,7H2,1-2H3,(H,18,22). The highest BCUT2D eigenvalue weighted by Crippen LogP contribution is 2.27. The molecule has 0 bridgehead atoms. The van der Waals surface area contributed by atoms with Gasteiger partial charge in [0, 0.05) is 25.4 Å². The summed E-state index contributed by atoms with van der Waals surface area (Å²) in [5, 5.41) is 3.46. The van der Waals surface area contributed by atoms with Gasteiger partial charge < -0.3 is 14.5 Å². The molecule has 0 saturated carbocycles. The van der Waals surface area contributed by atoms with Crippen LogP contribution < -0.4 is 10.9 Å². The molecule has 2 rings (SSSR count). The third kappa shape index (κ3) is 3.36. The van der Waals surface area contributed by atoms with Crippen LogP contribution in [0, 0.1) is 0 Å². The fraction of sp³-hybridized carbons (Fsp3) is 0.333. The Bertz CT molecular complexity index is 750. The molecule has 0 aliphatic rings. The second kappa shape index (κ2) is 7.03. The van der Waals surface area contributed by atoms with Crippen LogP contribution in [-0.2, 0) is 13.1 Å². The molecular weight excluding hydrogens is 325 g/mol. The van der Waals surface area contributed by atoms with E-state index in [1.54, 1.807) is 22.9 Å². The molecule has 2 aromatic heterocycles. The summed E-state index contributed by atoms with van der Waals surface area (Å²) in [6.07, 6.45) is 2.43. The van der Waals surface area contributed by atoms with Gasteiger partial charge in [0.25, 0.3) is 11.5 Å². The summed E-state index contributed by atoms with van der Waals surface area (Å²) in [5.41, 5.74) is 0.829. The van der Waals surface area contributed by atoms with Crippen LogP contribution in [0.3, 0.4) is 0 Å². The van der Waals surface area contributed by atoms with E-state index in [1.165, 1.54) is 10.6 Å². The number of halogens is 2. The van der Waals surface area contributed by atoms with Crippen molar-refractivity contribution in [2.24, 2.45) is 0 Å². The first-order valence-electron chi connectivity index (χ1n) is 7.04. The Hall–Kier alpha value is -1.72. The number of aromatic nitrogens is 2. The Balaban J connectivity index is 2.30. The molecule has 0 spiro atoms.